The first-order chi connectivity index (χ1) is 11.2. The molecular formula is C18H31N3O2. The maximum absolute atomic E-state index is 12.8. The number of carbonyl (C=O) groups excluding carboxylic acids is 2. The molecule has 1 saturated carbocycles. The fraction of sp³-hybridized carbons (Fsp3) is 0.889. The van der Waals surface area contributed by atoms with E-state index in [1.54, 1.807) is 0 Å². The van der Waals surface area contributed by atoms with E-state index >= 15 is 0 Å². The monoisotopic (exact) mass is 321 g/mol. The zero-order chi connectivity index (χ0) is 16.2. The minimum Gasteiger partial charge on any atom is -0.356 e. The van der Waals surface area contributed by atoms with Crippen LogP contribution in [0.1, 0.15) is 58.3 Å². The molecule has 3 atom stereocenters. The van der Waals surface area contributed by atoms with Crippen molar-refractivity contribution in [2.24, 2.45) is 11.8 Å². The van der Waals surface area contributed by atoms with Gasteiger partial charge in [-0.3, -0.25) is 9.59 Å². The van der Waals surface area contributed by atoms with E-state index in [1.807, 2.05) is 4.90 Å². The van der Waals surface area contributed by atoms with Crippen LogP contribution < -0.4 is 10.6 Å². The number of hydrogen-bond acceptors (Lipinski definition) is 3. The lowest BCUT2D eigenvalue weighted by Crippen LogP contribution is -2.49. The van der Waals surface area contributed by atoms with Gasteiger partial charge in [0.2, 0.25) is 11.8 Å². The first-order valence-electron chi connectivity index (χ1n) is 9.51. The highest BCUT2D eigenvalue weighted by molar-refractivity contribution is 5.83. The second-order valence-electron chi connectivity index (χ2n) is 7.50. The van der Waals surface area contributed by atoms with Gasteiger partial charge in [-0.2, -0.15) is 0 Å². The van der Waals surface area contributed by atoms with Crippen LogP contribution in [0.15, 0.2) is 0 Å². The Hall–Kier alpha value is -1.10. The van der Waals surface area contributed by atoms with Crippen LogP contribution in [0.25, 0.3) is 0 Å². The zero-order valence-corrected chi connectivity index (χ0v) is 14.4. The van der Waals surface area contributed by atoms with Crippen molar-refractivity contribution in [1.29, 1.82) is 0 Å². The van der Waals surface area contributed by atoms with E-state index in [0.717, 1.165) is 45.3 Å². The number of rotatable bonds is 4. The minimum atomic E-state index is 0.0218. The van der Waals surface area contributed by atoms with E-state index in [0.29, 0.717) is 12.0 Å². The standard InChI is InChI=1S/C18H31N3O2/c1-2-9-19-17(22)13-7-10-21(11-8-13)18(23)16-12-14-5-3-4-6-15(14)20-16/h13-16,20H,2-12H2,1H3,(H,19,22). The van der Waals surface area contributed by atoms with Gasteiger partial charge < -0.3 is 15.5 Å². The van der Waals surface area contributed by atoms with Gasteiger partial charge in [-0.15, -0.1) is 0 Å². The molecule has 3 unspecified atom stereocenters. The average molecular weight is 321 g/mol. The Labute approximate surface area is 139 Å². The van der Waals surface area contributed by atoms with Crippen LogP contribution in [0.5, 0.6) is 0 Å². The van der Waals surface area contributed by atoms with Crippen LogP contribution in [0.3, 0.4) is 0 Å². The topological polar surface area (TPSA) is 61.4 Å². The maximum atomic E-state index is 12.8. The van der Waals surface area contributed by atoms with Gasteiger partial charge in [0, 0.05) is 31.6 Å². The van der Waals surface area contributed by atoms with Crippen molar-refractivity contribution < 1.29 is 9.59 Å². The van der Waals surface area contributed by atoms with E-state index in [2.05, 4.69) is 17.6 Å². The first-order valence-corrected chi connectivity index (χ1v) is 9.51. The molecule has 3 aliphatic rings. The van der Waals surface area contributed by atoms with Gasteiger partial charge in [0.1, 0.15) is 0 Å². The lowest BCUT2D eigenvalue weighted by molar-refractivity contribution is -0.137. The van der Waals surface area contributed by atoms with Gasteiger partial charge in [0.05, 0.1) is 6.04 Å². The number of piperidine rings is 1. The Kier molecular flexibility index (Phi) is 5.57. The molecule has 0 radical (unpaired) electrons. The maximum Gasteiger partial charge on any atom is 0.239 e. The van der Waals surface area contributed by atoms with Crippen LogP contribution in [0.2, 0.25) is 0 Å². The number of nitrogens with one attached hydrogen (secondary N) is 2. The normalized spacial score (nSPS) is 31.7. The molecule has 2 saturated heterocycles. The summed E-state index contributed by atoms with van der Waals surface area (Å²) in [5.41, 5.74) is 0. The van der Waals surface area contributed by atoms with Gasteiger partial charge in [0.25, 0.3) is 0 Å². The molecular weight excluding hydrogens is 290 g/mol. The zero-order valence-electron chi connectivity index (χ0n) is 14.4. The van der Waals surface area contributed by atoms with Crippen molar-refractivity contribution in [3.05, 3.63) is 0 Å². The van der Waals surface area contributed by atoms with Crippen molar-refractivity contribution in [3.63, 3.8) is 0 Å². The Bertz CT molecular complexity index is 418. The molecule has 2 N–H and O–H groups in total. The van der Waals surface area contributed by atoms with Crippen LogP contribution >= 0.6 is 0 Å². The Balaban J connectivity index is 1.46. The molecule has 2 aliphatic heterocycles. The minimum absolute atomic E-state index is 0.0218. The number of nitrogens with zero attached hydrogens (tertiary/aromatic N) is 1. The molecule has 1 aliphatic carbocycles. The summed E-state index contributed by atoms with van der Waals surface area (Å²) in [7, 11) is 0. The van der Waals surface area contributed by atoms with E-state index in [4.69, 9.17) is 0 Å². The number of carbonyl (C=O) groups is 2. The summed E-state index contributed by atoms with van der Waals surface area (Å²) in [4.78, 5) is 26.8. The highest BCUT2D eigenvalue weighted by Gasteiger charge is 2.40. The van der Waals surface area contributed by atoms with Crippen LogP contribution in [0.4, 0.5) is 0 Å². The molecule has 130 valence electrons. The van der Waals surface area contributed by atoms with Crippen molar-refractivity contribution in [3.8, 4) is 0 Å². The molecule has 3 rings (SSSR count). The Morgan fingerprint density at radius 3 is 2.57 bits per heavy atom. The van der Waals surface area contributed by atoms with E-state index in [1.165, 1.54) is 25.7 Å². The predicted octanol–water partition coefficient (Wildman–Crippen LogP) is 1.67. The number of likely N-dealkylation sites (tertiary alicyclic amines) is 1. The lowest BCUT2D eigenvalue weighted by atomic mass is 9.85. The van der Waals surface area contributed by atoms with Crippen molar-refractivity contribution in [2.45, 2.75) is 70.4 Å². The summed E-state index contributed by atoms with van der Waals surface area (Å²) in [5.74, 6) is 1.23. The lowest BCUT2D eigenvalue weighted by Gasteiger charge is -2.33. The Morgan fingerprint density at radius 2 is 1.87 bits per heavy atom. The second kappa shape index (κ2) is 7.65. The highest BCUT2D eigenvalue weighted by atomic mass is 16.2. The van der Waals surface area contributed by atoms with Gasteiger partial charge in [-0.05, 0) is 44.4 Å². The summed E-state index contributed by atoms with van der Waals surface area (Å²) >= 11 is 0. The number of fused-ring (bicyclic) bond motifs is 1. The van der Waals surface area contributed by atoms with Crippen LogP contribution in [-0.4, -0.2) is 48.4 Å². The van der Waals surface area contributed by atoms with Crippen LogP contribution in [-0.2, 0) is 9.59 Å². The molecule has 5 nitrogen and oxygen atoms in total. The Morgan fingerprint density at radius 1 is 1.13 bits per heavy atom. The smallest absolute Gasteiger partial charge is 0.239 e. The SMILES string of the molecule is CCCNC(=O)C1CCN(C(=O)C2CC3CCCCC3N2)CC1. The summed E-state index contributed by atoms with van der Waals surface area (Å²) in [5, 5.41) is 6.56. The molecule has 0 bridgehead atoms. The van der Waals surface area contributed by atoms with Crippen molar-refractivity contribution >= 4 is 11.8 Å². The van der Waals surface area contributed by atoms with Gasteiger partial charge in [-0.25, -0.2) is 0 Å². The van der Waals surface area contributed by atoms with Crippen molar-refractivity contribution in [2.75, 3.05) is 19.6 Å². The second-order valence-corrected chi connectivity index (χ2v) is 7.50. The summed E-state index contributed by atoms with van der Waals surface area (Å²) in [6.45, 7) is 4.29. The average Bonchev–Trinajstić information content (AvgIpc) is 3.03. The van der Waals surface area contributed by atoms with Gasteiger partial charge in [-0.1, -0.05) is 19.8 Å². The van der Waals surface area contributed by atoms with Gasteiger partial charge in [0.15, 0.2) is 0 Å². The fourth-order valence-corrected chi connectivity index (χ4v) is 4.49. The fourth-order valence-electron chi connectivity index (χ4n) is 4.49. The summed E-state index contributed by atoms with van der Waals surface area (Å²) < 4.78 is 0. The predicted molar refractivity (Wildman–Crippen MR) is 89.9 cm³/mol. The molecule has 0 aromatic carbocycles. The third kappa shape index (κ3) is 3.87. The molecule has 2 amide bonds. The molecule has 23 heavy (non-hydrogen) atoms. The van der Waals surface area contributed by atoms with E-state index in [9.17, 15) is 9.59 Å². The number of hydrogen-bond donors (Lipinski definition) is 2. The van der Waals surface area contributed by atoms with Crippen molar-refractivity contribution in [1.82, 2.24) is 15.5 Å². The largest absolute Gasteiger partial charge is 0.356 e. The van der Waals surface area contributed by atoms with E-state index in [-0.39, 0.29) is 23.8 Å². The molecule has 0 spiro atoms. The molecule has 0 aromatic rings. The molecule has 3 fully saturated rings. The summed E-state index contributed by atoms with van der Waals surface area (Å²) in [6.07, 6.45) is 8.73. The van der Waals surface area contributed by atoms with Crippen LogP contribution in [0, 0.1) is 11.8 Å². The summed E-state index contributed by atoms with van der Waals surface area (Å²) in [6, 6.07) is 0.587. The highest BCUT2D eigenvalue weighted by Crippen LogP contribution is 2.34. The van der Waals surface area contributed by atoms with Gasteiger partial charge >= 0.3 is 0 Å². The number of amides is 2. The third-order valence-corrected chi connectivity index (χ3v) is 5.89. The van der Waals surface area contributed by atoms with E-state index < -0.39 is 0 Å². The first kappa shape index (κ1) is 16.7. The molecule has 0 aromatic heterocycles. The third-order valence-electron chi connectivity index (χ3n) is 5.89. The quantitative estimate of drug-likeness (QED) is 0.828. The molecule has 5 heteroatoms. The molecule has 2 heterocycles.